The third-order valence-corrected chi connectivity index (χ3v) is 5.20. The molecule has 3 rings (SSSR count). The molecule has 25 heavy (non-hydrogen) atoms. The Hall–Kier alpha value is -2.27. The number of nitrogens with one attached hydrogen (secondary N) is 1. The molecule has 0 radical (unpaired) electrons. The number of hydrogen-bond acceptors (Lipinski definition) is 3. The van der Waals surface area contributed by atoms with Crippen LogP contribution in [0, 0.1) is 13.8 Å². The molecule has 5 nitrogen and oxygen atoms in total. The Morgan fingerprint density at radius 2 is 2.00 bits per heavy atom. The number of aliphatic hydroxyl groups is 1. The Balaban J connectivity index is 1.89. The molecule has 2 N–H and O–H groups in total. The molecule has 134 valence electrons. The van der Waals surface area contributed by atoms with Crippen LogP contribution in [-0.2, 0) is 5.60 Å². The fourth-order valence-corrected chi connectivity index (χ4v) is 3.81. The predicted octanol–water partition coefficient (Wildman–Crippen LogP) is 3.15. The molecule has 5 heteroatoms. The first-order valence-corrected chi connectivity index (χ1v) is 8.68. The Labute approximate surface area is 148 Å². The van der Waals surface area contributed by atoms with Crippen molar-refractivity contribution in [3.8, 4) is 5.75 Å². The van der Waals surface area contributed by atoms with E-state index in [1.165, 1.54) is 0 Å². The van der Waals surface area contributed by atoms with Gasteiger partial charge in [-0.25, -0.2) is 0 Å². The van der Waals surface area contributed by atoms with Gasteiger partial charge in [0.15, 0.2) is 0 Å². The third kappa shape index (κ3) is 3.16. The number of likely N-dealkylation sites (tertiary alicyclic amines) is 1. The van der Waals surface area contributed by atoms with Crippen molar-refractivity contribution >= 4 is 5.91 Å². The van der Waals surface area contributed by atoms with Crippen LogP contribution in [-0.4, -0.2) is 40.6 Å². The van der Waals surface area contributed by atoms with Crippen molar-refractivity contribution in [2.45, 2.75) is 45.3 Å². The Morgan fingerprint density at radius 3 is 2.56 bits per heavy atom. The number of nitrogens with zero attached hydrogens (tertiary/aromatic N) is 1. The van der Waals surface area contributed by atoms with Gasteiger partial charge in [-0.05, 0) is 62.9 Å². The van der Waals surface area contributed by atoms with Gasteiger partial charge >= 0.3 is 0 Å². The molecule has 0 aliphatic carbocycles. The smallest absolute Gasteiger partial charge is 0.270 e. The highest BCUT2D eigenvalue weighted by Gasteiger charge is 2.43. The maximum atomic E-state index is 13.0. The summed E-state index contributed by atoms with van der Waals surface area (Å²) in [6, 6.07) is 9.12. The number of aromatic amines is 1. The molecule has 1 amide bonds. The van der Waals surface area contributed by atoms with E-state index in [0.29, 0.717) is 12.2 Å². The standard InChI is InChI=1S/C20H26N2O3/c1-13-12-14(2)21-18(13)19(23)22-11-5-6-17(22)20(3,24)15-7-9-16(25-4)10-8-15/h7-10,12,17,21,24H,5-6,11H2,1-4H3/t17-,20-/m1/s1. The van der Waals surface area contributed by atoms with E-state index in [4.69, 9.17) is 4.74 Å². The minimum atomic E-state index is -1.12. The van der Waals surface area contributed by atoms with E-state index in [1.807, 2.05) is 49.1 Å². The first-order valence-electron chi connectivity index (χ1n) is 8.68. The maximum absolute atomic E-state index is 13.0. The summed E-state index contributed by atoms with van der Waals surface area (Å²) in [6.45, 7) is 6.33. The average Bonchev–Trinajstić information content (AvgIpc) is 3.21. The zero-order chi connectivity index (χ0) is 18.2. The van der Waals surface area contributed by atoms with Crippen molar-refractivity contribution in [1.29, 1.82) is 0 Å². The molecule has 0 spiro atoms. The molecule has 1 fully saturated rings. The first-order chi connectivity index (χ1) is 11.8. The number of hydrogen-bond donors (Lipinski definition) is 2. The van der Waals surface area contributed by atoms with Gasteiger partial charge in [-0.2, -0.15) is 0 Å². The van der Waals surface area contributed by atoms with Crippen molar-refractivity contribution < 1.29 is 14.6 Å². The van der Waals surface area contributed by atoms with Crippen LogP contribution in [0.15, 0.2) is 30.3 Å². The van der Waals surface area contributed by atoms with Gasteiger partial charge in [-0.15, -0.1) is 0 Å². The topological polar surface area (TPSA) is 65.6 Å². The van der Waals surface area contributed by atoms with E-state index in [1.54, 1.807) is 14.0 Å². The van der Waals surface area contributed by atoms with Gasteiger partial charge in [0.25, 0.3) is 5.91 Å². The lowest BCUT2D eigenvalue weighted by Crippen LogP contribution is -2.48. The van der Waals surface area contributed by atoms with E-state index in [0.717, 1.165) is 35.4 Å². The number of ether oxygens (including phenoxy) is 1. The lowest BCUT2D eigenvalue weighted by atomic mass is 9.86. The van der Waals surface area contributed by atoms with Crippen molar-refractivity contribution in [3.63, 3.8) is 0 Å². The molecular weight excluding hydrogens is 316 g/mol. The Bertz CT molecular complexity index is 762. The van der Waals surface area contributed by atoms with Gasteiger partial charge in [0.2, 0.25) is 0 Å². The van der Waals surface area contributed by atoms with Crippen LogP contribution in [0.4, 0.5) is 0 Å². The number of H-pyrrole nitrogens is 1. The fraction of sp³-hybridized carbons (Fsp3) is 0.450. The second-order valence-corrected chi connectivity index (χ2v) is 7.04. The molecule has 0 bridgehead atoms. The highest BCUT2D eigenvalue weighted by molar-refractivity contribution is 5.94. The van der Waals surface area contributed by atoms with Gasteiger partial charge < -0.3 is 19.7 Å². The summed E-state index contributed by atoms with van der Waals surface area (Å²) < 4.78 is 5.19. The monoisotopic (exact) mass is 342 g/mol. The normalized spacial score (nSPS) is 19.7. The van der Waals surface area contributed by atoms with E-state index in [9.17, 15) is 9.90 Å². The number of methoxy groups -OCH3 is 1. The molecule has 2 heterocycles. The summed E-state index contributed by atoms with van der Waals surface area (Å²) >= 11 is 0. The number of amides is 1. The summed E-state index contributed by atoms with van der Waals surface area (Å²) in [5.74, 6) is 0.707. The van der Waals surface area contributed by atoms with E-state index >= 15 is 0 Å². The highest BCUT2D eigenvalue weighted by Crippen LogP contribution is 2.36. The van der Waals surface area contributed by atoms with Crippen LogP contribution in [0.3, 0.4) is 0 Å². The molecule has 2 aromatic rings. The second kappa shape index (κ2) is 6.56. The van der Waals surface area contributed by atoms with E-state index < -0.39 is 5.60 Å². The molecule has 1 saturated heterocycles. The minimum Gasteiger partial charge on any atom is -0.497 e. The lowest BCUT2D eigenvalue weighted by Gasteiger charge is -2.37. The molecule has 1 aliphatic heterocycles. The summed E-state index contributed by atoms with van der Waals surface area (Å²) in [4.78, 5) is 18.0. The molecule has 1 aromatic heterocycles. The molecule has 2 atom stereocenters. The molecule has 1 aliphatic rings. The summed E-state index contributed by atoms with van der Waals surface area (Å²) in [6.07, 6.45) is 1.67. The van der Waals surface area contributed by atoms with Gasteiger partial charge in [-0.3, -0.25) is 4.79 Å². The van der Waals surface area contributed by atoms with Crippen molar-refractivity contribution in [1.82, 2.24) is 9.88 Å². The van der Waals surface area contributed by atoms with E-state index in [-0.39, 0.29) is 11.9 Å². The van der Waals surface area contributed by atoms with Gasteiger partial charge in [-0.1, -0.05) is 12.1 Å². The van der Waals surface area contributed by atoms with Gasteiger partial charge in [0.1, 0.15) is 17.0 Å². The van der Waals surface area contributed by atoms with Crippen molar-refractivity contribution in [2.24, 2.45) is 0 Å². The molecule has 1 aromatic carbocycles. The summed E-state index contributed by atoms with van der Waals surface area (Å²) in [7, 11) is 1.62. The third-order valence-electron chi connectivity index (χ3n) is 5.20. The SMILES string of the molecule is COc1ccc([C@@](C)(O)[C@H]2CCCN2C(=O)c2[nH]c(C)cc2C)cc1. The van der Waals surface area contributed by atoms with Crippen LogP contribution in [0.25, 0.3) is 0 Å². The number of carbonyl (C=O) groups is 1. The van der Waals surface area contributed by atoms with Gasteiger partial charge in [0, 0.05) is 12.2 Å². The van der Waals surface area contributed by atoms with Crippen LogP contribution in [0.2, 0.25) is 0 Å². The maximum Gasteiger partial charge on any atom is 0.270 e. The number of aromatic nitrogens is 1. The average molecular weight is 342 g/mol. The number of aryl methyl sites for hydroxylation is 2. The largest absolute Gasteiger partial charge is 0.497 e. The van der Waals surface area contributed by atoms with Crippen LogP contribution in [0.5, 0.6) is 5.75 Å². The minimum absolute atomic E-state index is 0.0399. The molecule has 0 unspecified atom stereocenters. The van der Waals surface area contributed by atoms with Crippen molar-refractivity contribution in [2.75, 3.05) is 13.7 Å². The summed E-state index contributed by atoms with van der Waals surface area (Å²) in [5, 5.41) is 11.2. The fourth-order valence-electron chi connectivity index (χ4n) is 3.81. The van der Waals surface area contributed by atoms with Crippen LogP contribution >= 0.6 is 0 Å². The Morgan fingerprint density at radius 1 is 1.32 bits per heavy atom. The zero-order valence-corrected chi connectivity index (χ0v) is 15.3. The molecule has 0 saturated carbocycles. The van der Waals surface area contributed by atoms with Crippen LogP contribution < -0.4 is 4.74 Å². The lowest BCUT2D eigenvalue weighted by molar-refractivity contribution is -0.0179. The molecular formula is C20H26N2O3. The number of benzene rings is 1. The number of rotatable bonds is 4. The Kier molecular flexibility index (Phi) is 4.60. The van der Waals surface area contributed by atoms with Crippen molar-refractivity contribution in [3.05, 3.63) is 52.8 Å². The van der Waals surface area contributed by atoms with Gasteiger partial charge in [0.05, 0.1) is 13.2 Å². The van der Waals surface area contributed by atoms with E-state index in [2.05, 4.69) is 4.98 Å². The zero-order valence-electron chi connectivity index (χ0n) is 15.3. The second-order valence-electron chi connectivity index (χ2n) is 7.04. The predicted molar refractivity (Wildman–Crippen MR) is 96.9 cm³/mol. The summed E-state index contributed by atoms with van der Waals surface area (Å²) in [5.41, 5.74) is 2.21. The highest BCUT2D eigenvalue weighted by atomic mass is 16.5. The van der Waals surface area contributed by atoms with Crippen LogP contribution in [0.1, 0.15) is 47.1 Å². The first kappa shape index (κ1) is 17.5. The number of carbonyl (C=O) groups excluding carboxylic acids is 1. The quantitative estimate of drug-likeness (QED) is 0.897.